The average Bonchev–Trinajstić information content (AvgIpc) is 3.61. The minimum absolute atomic E-state index is 0.838. The summed E-state index contributed by atoms with van der Waals surface area (Å²) in [6, 6.07) is 65.5. The number of thiophene rings is 1. The first-order valence-corrected chi connectivity index (χ1v) is 19.4. The summed E-state index contributed by atoms with van der Waals surface area (Å²) in [5.41, 5.74) is 11.3. The number of ether oxygens (including phenoxy) is 1. The third-order valence-corrected chi connectivity index (χ3v) is 12.6. The van der Waals surface area contributed by atoms with Gasteiger partial charge in [-0.15, -0.1) is 11.3 Å². The summed E-state index contributed by atoms with van der Waals surface area (Å²) in [7, 11) is 0. The molecule has 11 rings (SSSR count). The highest BCUT2D eigenvalue weighted by Crippen LogP contribution is 2.56. The molecule has 0 saturated heterocycles. The van der Waals surface area contributed by atoms with E-state index in [4.69, 9.17) is 4.74 Å². The molecule has 0 radical (unpaired) electrons. The largest absolute Gasteiger partial charge is 0.453 e. The van der Waals surface area contributed by atoms with E-state index >= 15 is 0 Å². The molecule has 0 bridgehead atoms. The molecule has 0 unspecified atom stereocenters. The van der Waals surface area contributed by atoms with E-state index in [1.165, 1.54) is 58.0 Å². The highest BCUT2D eigenvalue weighted by Gasteiger charge is 2.30. The molecule has 0 N–H and O–H groups in total. The average molecular weight is 715 g/mol. The molecule has 8 aromatic carbocycles. The molecular formula is C48H30N2OS2. The Balaban J connectivity index is 1.20. The fraction of sp³-hybridized carbons (Fsp3) is 0. The van der Waals surface area contributed by atoms with Crippen molar-refractivity contribution in [2.45, 2.75) is 9.79 Å². The second-order valence-electron chi connectivity index (χ2n) is 13.3. The van der Waals surface area contributed by atoms with Gasteiger partial charge in [-0.25, -0.2) is 0 Å². The highest BCUT2D eigenvalue weighted by atomic mass is 32.2. The predicted octanol–water partition coefficient (Wildman–Crippen LogP) is 14.9. The molecule has 3 nitrogen and oxygen atoms in total. The molecule has 0 saturated carbocycles. The predicted molar refractivity (Wildman–Crippen MR) is 224 cm³/mol. The minimum atomic E-state index is 0.838. The third kappa shape index (κ3) is 4.82. The molecule has 2 aliphatic rings. The van der Waals surface area contributed by atoms with Gasteiger partial charge in [0.25, 0.3) is 0 Å². The van der Waals surface area contributed by atoms with E-state index in [0.29, 0.717) is 0 Å². The van der Waals surface area contributed by atoms with Gasteiger partial charge in [0.2, 0.25) is 0 Å². The van der Waals surface area contributed by atoms with Crippen LogP contribution in [0.3, 0.4) is 0 Å². The van der Waals surface area contributed by atoms with Crippen LogP contribution in [0.15, 0.2) is 192 Å². The highest BCUT2D eigenvalue weighted by molar-refractivity contribution is 7.99. The van der Waals surface area contributed by atoms with Crippen LogP contribution in [0.5, 0.6) is 11.5 Å². The van der Waals surface area contributed by atoms with E-state index in [2.05, 4.69) is 168 Å². The topological polar surface area (TPSA) is 15.7 Å². The summed E-state index contributed by atoms with van der Waals surface area (Å²) in [4.78, 5) is 7.27. The molecule has 0 fully saturated rings. The van der Waals surface area contributed by atoms with Gasteiger partial charge in [-0.3, -0.25) is 0 Å². The standard InChI is InChI=1S/C48H30N2OS2/c1-2-15-33(32(14-1)35-17-13-18-36-34-16-3-10-25-45(34)53-48(35)36)37-30-31(49-39-19-4-8-23-43(39)51-44-24-9-5-20-40(44)49)28-29-38(37)50-41-21-6-11-26-46(41)52-47-27-12-7-22-42(47)50/h1-30H. The van der Waals surface area contributed by atoms with E-state index in [1.54, 1.807) is 0 Å². The number of rotatable bonds is 4. The summed E-state index contributed by atoms with van der Waals surface area (Å²) in [6.07, 6.45) is 0. The molecule has 0 atom stereocenters. The Kier molecular flexibility index (Phi) is 6.97. The van der Waals surface area contributed by atoms with Gasteiger partial charge >= 0.3 is 0 Å². The van der Waals surface area contributed by atoms with Gasteiger partial charge in [0.15, 0.2) is 11.5 Å². The lowest BCUT2D eigenvalue weighted by Gasteiger charge is -2.36. The van der Waals surface area contributed by atoms with E-state index in [1.807, 2.05) is 47.4 Å². The molecule has 0 spiro atoms. The van der Waals surface area contributed by atoms with Crippen molar-refractivity contribution in [3.63, 3.8) is 0 Å². The van der Waals surface area contributed by atoms with Crippen molar-refractivity contribution in [2.24, 2.45) is 0 Å². The zero-order valence-electron chi connectivity index (χ0n) is 28.4. The van der Waals surface area contributed by atoms with Gasteiger partial charge in [0.1, 0.15) is 0 Å². The second kappa shape index (κ2) is 12.2. The number of nitrogens with zero attached hydrogens (tertiary/aromatic N) is 2. The summed E-state index contributed by atoms with van der Waals surface area (Å²) in [5, 5.41) is 2.60. The zero-order chi connectivity index (χ0) is 34.9. The van der Waals surface area contributed by atoms with Crippen molar-refractivity contribution >= 4 is 77.4 Å². The summed E-state index contributed by atoms with van der Waals surface area (Å²) >= 11 is 3.71. The maximum atomic E-state index is 6.43. The Morgan fingerprint density at radius 2 is 0.925 bits per heavy atom. The van der Waals surface area contributed by atoms with Gasteiger partial charge in [0, 0.05) is 46.8 Å². The molecule has 0 aliphatic carbocycles. The van der Waals surface area contributed by atoms with Crippen molar-refractivity contribution in [3.8, 4) is 33.8 Å². The number of anilines is 6. The SMILES string of the molecule is c1ccc2c(c1)Oc1ccccc1N2c1ccc(N2c3ccccc3Sc3ccccc32)c(-c2ccccc2-c2cccc3c2sc2ccccc23)c1. The van der Waals surface area contributed by atoms with Gasteiger partial charge in [-0.2, -0.15) is 0 Å². The fourth-order valence-electron chi connectivity index (χ4n) is 7.93. The smallest absolute Gasteiger partial charge is 0.151 e. The van der Waals surface area contributed by atoms with Crippen LogP contribution >= 0.6 is 23.1 Å². The number of fused-ring (bicyclic) bond motifs is 7. The maximum Gasteiger partial charge on any atom is 0.151 e. The number of para-hydroxylation sites is 6. The lowest BCUT2D eigenvalue weighted by atomic mass is 9.91. The van der Waals surface area contributed by atoms with Crippen LogP contribution < -0.4 is 14.5 Å². The van der Waals surface area contributed by atoms with Crippen molar-refractivity contribution in [2.75, 3.05) is 9.80 Å². The van der Waals surface area contributed by atoms with Crippen LogP contribution in [0.25, 0.3) is 42.4 Å². The van der Waals surface area contributed by atoms with Crippen LogP contribution in [0, 0.1) is 0 Å². The lowest BCUT2D eigenvalue weighted by molar-refractivity contribution is 0.477. The van der Waals surface area contributed by atoms with E-state index in [-0.39, 0.29) is 0 Å². The Bertz CT molecular complexity index is 2800. The number of hydrogen-bond donors (Lipinski definition) is 0. The van der Waals surface area contributed by atoms with E-state index < -0.39 is 0 Å². The van der Waals surface area contributed by atoms with Crippen LogP contribution in [0.1, 0.15) is 0 Å². The first-order chi connectivity index (χ1) is 26.3. The maximum absolute atomic E-state index is 6.43. The zero-order valence-corrected chi connectivity index (χ0v) is 30.1. The van der Waals surface area contributed by atoms with E-state index in [0.717, 1.165) is 39.8 Å². The Hall–Kier alpha value is -6.27. The minimum Gasteiger partial charge on any atom is -0.453 e. The van der Waals surface area contributed by atoms with Crippen LogP contribution in [-0.2, 0) is 0 Å². The molecule has 250 valence electrons. The summed E-state index contributed by atoms with van der Waals surface area (Å²) in [5.74, 6) is 1.68. The van der Waals surface area contributed by atoms with Gasteiger partial charge in [0.05, 0.1) is 28.4 Å². The Morgan fingerprint density at radius 1 is 0.377 bits per heavy atom. The molecule has 9 aromatic rings. The van der Waals surface area contributed by atoms with Crippen LogP contribution in [0.2, 0.25) is 0 Å². The molecule has 53 heavy (non-hydrogen) atoms. The quantitative estimate of drug-likeness (QED) is 0.180. The first-order valence-electron chi connectivity index (χ1n) is 17.8. The number of hydrogen-bond acceptors (Lipinski definition) is 5. The van der Waals surface area contributed by atoms with Gasteiger partial charge in [-0.1, -0.05) is 121 Å². The molecule has 5 heteroatoms. The fourth-order valence-corrected chi connectivity index (χ4v) is 10.2. The van der Waals surface area contributed by atoms with Crippen molar-refractivity contribution < 1.29 is 4.74 Å². The van der Waals surface area contributed by atoms with Crippen molar-refractivity contribution in [1.29, 1.82) is 0 Å². The first kappa shape index (κ1) is 30.4. The summed E-state index contributed by atoms with van der Waals surface area (Å²) in [6.45, 7) is 0. The van der Waals surface area contributed by atoms with Gasteiger partial charge < -0.3 is 14.5 Å². The number of benzene rings is 8. The molecule has 3 heterocycles. The van der Waals surface area contributed by atoms with Gasteiger partial charge in [-0.05, 0) is 83.9 Å². The normalized spacial score (nSPS) is 12.9. The molecular weight excluding hydrogens is 685 g/mol. The molecule has 0 amide bonds. The van der Waals surface area contributed by atoms with E-state index in [9.17, 15) is 0 Å². The molecule has 1 aromatic heterocycles. The monoisotopic (exact) mass is 714 g/mol. The van der Waals surface area contributed by atoms with Crippen LogP contribution in [-0.4, -0.2) is 0 Å². The van der Waals surface area contributed by atoms with Crippen molar-refractivity contribution in [3.05, 3.63) is 182 Å². The molecule has 2 aliphatic heterocycles. The Labute approximate surface area is 316 Å². The third-order valence-electron chi connectivity index (χ3n) is 10.3. The van der Waals surface area contributed by atoms with Crippen LogP contribution in [0.4, 0.5) is 34.1 Å². The second-order valence-corrected chi connectivity index (χ2v) is 15.4. The Morgan fingerprint density at radius 3 is 1.64 bits per heavy atom. The summed E-state index contributed by atoms with van der Waals surface area (Å²) < 4.78 is 9.04. The lowest BCUT2D eigenvalue weighted by Crippen LogP contribution is -2.18. The van der Waals surface area contributed by atoms with Crippen molar-refractivity contribution in [1.82, 2.24) is 0 Å².